The molecule has 3 heteroatoms. The van der Waals surface area contributed by atoms with Crippen molar-refractivity contribution in [1.29, 1.82) is 0 Å². The van der Waals surface area contributed by atoms with E-state index >= 15 is 0 Å². The normalized spacial score (nSPS) is 13.2. The molecule has 0 aromatic heterocycles. The summed E-state index contributed by atoms with van der Waals surface area (Å²) in [6.45, 7) is 3.44. The van der Waals surface area contributed by atoms with Gasteiger partial charge in [-0.1, -0.05) is 18.2 Å². The molecule has 2 nitrogen and oxygen atoms in total. The molecule has 1 aliphatic heterocycles. The van der Waals surface area contributed by atoms with Crippen molar-refractivity contribution in [1.82, 2.24) is 4.90 Å². The molecule has 0 N–H and O–H groups in total. The highest BCUT2D eigenvalue weighted by atomic mass is 19.1. The van der Waals surface area contributed by atoms with Gasteiger partial charge in [0, 0.05) is 19.3 Å². The number of methoxy groups -OCH3 is 1. The molecule has 0 radical (unpaired) electrons. The Morgan fingerprint density at radius 3 is 2.67 bits per heavy atom. The van der Waals surface area contributed by atoms with Gasteiger partial charge in [0.05, 0.1) is 7.11 Å². The number of rotatable bonds is 3. The van der Waals surface area contributed by atoms with Crippen LogP contribution < -0.4 is 4.74 Å². The summed E-state index contributed by atoms with van der Waals surface area (Å²) >= 11 is 0. The van der Waals surface area contributed by atoms with Crippen molar-refractivity contribution in [2.75, 3.05) is 7.11 Å². The minimum Gasteiger partial charge on any atom is -0.497 e. The maximum absolute atomic E-state index is 13.6. The number of halogens is 1. The monoisotopic (exact) mass is 283 g/mol. The average molecular weight is 283 g/mol. The Morgan fingerprint density at radius 1 is 1.19 bits per heavy atom. The maximum atomic E-state index is 13.6. The highest BCUT2D eigenvalue weighted by molar-refractivity contribution is 5.56. The second-order valence-electron chi connectivity index (χ2n) is 5.37. The first kappa shape index (κ1) is 13.7. The van der Waals surface area contributed by atoms with Crippen molar-refractivity contribution < 1.29 is 9.13 Å². The number of fused-ring (bicyclic) bond motifs is 1. The molecule has 0 aliphatic carbocycles. The Morgan fingerprint density at radius 2 is 1.95 bits per heavy atom. The van der Waals surface area contributed by atoms with Crippen LogP contribution in [0, 0.1) is 12.7 Å². The molecule has 0 fully saturated rings. The zero-order valence-corrected chi connectivity index (χ0v) is 12.3. The van der Waals surface area contributed by atoms with Crippen LogP contribution in [0.2, 0.25) is 0 Å². The van der Waals surface area contributed by atoms with E-state index in [9.17, 15) is 4.39 Å². The smallest absolute Gasteiger partial charge is 0.126 e. The third-order valence-electron chi connectivity index (χ3n) is 3.80. The first-order valence-corrected chi connectivity index (χ1v) is 7.00. The lowest BCUT2D eigenvalue weighted by Gasteiger charge is -2.26. The third kappa shape index (κ3) is 2.92. The van der Waals surface area contributed by atoms with Crippen LogP contribution in [0.15, 0.2) is 42.6 Å². The summed E-state index contributed by atoms with van der Waals surface area (Å²) in [6.07, 6.45) is 4.01. The Bertz CT molecular complexity index is 676. The van der Waals surface area contributed by atoms with Gasteiger partial charge in [-0.3, -0.25) is 0 Å². The molecule has 0 spiro atoms. The summed E-state index contributed by atoms with van der Waals surface area (Å²) in [5.74, 6) is 0.728. The van der Waals surface area contributed by atoms with Gasteiger partial charge in [0.1, 0.15) is 11.6 Å². The second-order valence-corrected chi connectivity index (χ2v) is 5.37. The van der Waals surface area contributed by atoms with E-state index in [0.717, 1.165) is 24.4 Å². The maximum Gasteiger partial charge on any atom is 0.126 e. The summed E-state index contributed by atoms with van der Waals surface area (Å²) in [7, 11) is 1.67. The molecule has 1 aliphatic rings. The van der Waals surface area contributed by atoms with Gasteiger partial charge in [-0.2, -0.15) is 0 Å². The molecule has 0 unspecified atom stereocenters. The van der Waals surface area contributed by atoms with E-state index < -0.39 is 0 Å². The summed E-state index contributed by atoms with van der Waals surface area (Å²) < 4.78 is 18.7. The SMILES string of the molecule is COc1ccc(CN2C=Cc3cc(F)c(C)cc3C2)cc1. The fourth-order valence-electron chi connectivity index (χ4n) is 2.58. The van der Waals surface area contributed by atoms with Gasteiger partial charge >= 0.3 is 0 Å². The van der Waals surface area contributed by atoms with E-state index in [1.165, 1.54) is 11.1 Å². The summed E-state index contributed by atoms with van der Waals surface area (Å²) in [5.41, 5.74) is 4.07. The van der Waals surface area contributed by atoms with Crippen molar-refractivity contribution in [2.45, 2.75) is 20.0 Å². The van der Waals surface area contributed by atoms with Gasteiger partial charge in [0.15, 0.2) is 0 Å². The van der Waals surface area contributed by atoms with Crippen LogP contribution >= 0.6 is 0 Å². The third-order valence-corrected chi connectivity index (χ3v) is 3.80. The van der Waals surface area contributed by atoms with Gasteiger partial charge in [-0.15, -0.1) is 0 Å². The van der Waals surface area contributed by atoms with Crippen molar-refractivity contribution in [3.05, 3.63) is 70.7 Å². The molecule has 108 valence electrons. The largest absolute Gasteiger partial charge is 0.497 e. The summed E-state index contributed by atoms with van der Waals surface area (Å²) in [4.78, 5) is 2.22. The number of benzene rings is 2. The molecule has 2 aromatic rings. The predicted molar refractivity (Wildman–Crippen MR) is 82.4 cm³/mol. The Kier molecular flexibility index (Phi) is 3.65. The van der Waals surface area contributed by atoms with Crippen LogP contribution in [-0.4, -0.2) is 12.0 Å². The summed E-state index contributed by atoms with van der Waals surface area (Å²) in [6, 6.07) is 11.6. The number of ether oxygens (including phenoxy) is 1. The van der Waals surface area contributed by atoms with Crippen molar-refractivity contribution in [3.63, 3.8) is 0 Å². The lowest BCUT2D eigenvalue weighted by molar-refractivity contribution is 0.358. The topological polar surface area (TPSA) is 12.5 Å². The van der Waals surface area contributed by atoms with Crippen LogP contribution in [0.4, 0.5) is 4.39 Å². The van der Waals surface area contributed by atoms with Crippen LogP contribution in [0.5, 0.6) is 5.75 Å². The van der Waals surface area contributed by atoms with Crippen LogP contribution in [0.1, 0.15) is 22.3 Å². The molecule has 0 saturated heterocycles. The molecule has 0 saturated carbocycles. The van der Waals surface area contributed by atoms with Crippen molar-refractivity contribution in [3.8, 4) is 5.75 Å². The van der Waals surface area contributed by atoms with Gasteiger partial charge < -0.3 is 9.64 Å². The second kappa shape index (κ2) is 5.60. The lowest BCUT2D eigenvalue weighted by Crippen LogP contribution is -2.19. The predicted octanol–water partition coefficient (Wildman–Crippen LogP) is 4.13. The van der Waals surface area contributed by atoms with Gasteiger partial charge in [0.25, 0.3) is 0 Å². The van der Waals surface area contributed by atoms with Crippen LogP contribution in [0.3, 0.4) is 0 Å². The Labute approximate surface area is 124 Å². The average Bonchev–Trinajstić information content (AvgIpc) is 2.49. The molecule has 1 heterocycles. The van der Waals surface area contributed by atoms with E-state index in [-0.39, 0.29) is 5.82 Å². The number of aryl methyl sites for hydroxylation is 1. The fraction of sp³-hybridized carbons (Fsp3) is 0.222. The van der Waals surface area contributed by atoms with Crippen LogP contribution in [-0.2, 0) is 13.1 Å². The molecule has 21 heavy (non-hydrogen) atoms. The molecular weight excluding hydrogens is 265 g/mol. The quantitative estimate of drug-likeness (QED) is 0.840. The van der Waals surface area contributed by atoms with Gasteiger partial charge in [0.2, 0.25) is 0 Å². The fourth-order valence-corrected chi connectivity index (χ4v) is 2.58. The number of hydrogen-bond acceptors (Lipinski definition) is 2. The first-order valence-electron chi connectivity index (χ1n) is 7.00. The minimum atomic E-state index is -0.137. The van der Waals surface area contributed by atoms with E-state index in [1.807, 2.05) is 37.4 Å². The Hall–Kier alpha value is -2.29. The van der Waals surface area contributed by atoms with Crippen LogP contribution in [0.25, 0.3) is 6.08 Å². The van der Waals surface area contributed by atoms with Gasteiger partial charge in [-0.25, -0.2) is 4.39 Å². The molecular formula is C18H18FNO. The van der Waals surface area contributed by atoms with Crippen molar-refractivity contribution in [2.24, 2.45) is 0 Å². The zero-order valence-electron chi connectivity index (χ0n) is 12.3. The highest BCUT2D eigenvalue weighted by Gasteiger charge is 2.13. The standard InChI is InChI=1S/C18H18FNO/c1-13-9-16-12-20(8-7-15(16)10-18(13)19)11-14-3-5-17(21-2)6-4-14/h3-10H,11-12H2,1-2H3. The number of nitrogens with zero attached hydrogens (tertiary/aromatic N) is 1. The van der Waals surface area contributed by atoms with Gasteiger partial charge in [-0.05, 0) is 53.5 Å². The first-order chi connectivity index (χ1) is 10.2. The van der Waals surface area contributed by atoms with E-state index in [1.54, 1.807) is 13.2 Å². The number of hydrogen-bond donors (Lipinski definition) is 0. The van der Waals surface area contributed by atoms with Crippen molar-refractivity contribution >= 4 is 6.08 Å². The lowest BCUT2D eigenvalue weighted by atomic mass is 10.0. The highest BCUT2D eigenvalue weighted by Crippen LogP contribution is 2.24. The zero-order chi connectivity index (χ0) is 14.8. The van der Waals surface area contributed by atoms with E-state index in [2.05, 4.69) is 17.0 Å². The minimum absolute atomic E-state index is 0.137. The summed E-state index contributed by atoms with van der Waals surface area (Å²) in [5, 5.41) is 0. The molecule has 0 amide bonds. The molecule has 2 aromatic carbocycles. The Balaban J connectivity index is 1.75. The van der Waals surface area contributed by atoms with E-state index in [0.29, 0.717) is 5.56 Å². The molecule has 0 atom stereocenters. The molecule has 0 bridgehead atoms. The van der Waals surface area contributed by atoms with E-state index in [4.69, 9.17) is 4.74 Å². The molecule has 3 rings (SSSR count).